The summed E-state index contributed by atoms with van der Waals surface area (Å²) in [5, 5.41) is 0. The maximum Gasteiger partial charge on any atom is 0.292 e. The van der Waals surface area contributed by atoms with Gasteiger partial charge in [0.15, 0.2) is 0 Å². The van der Waals surface area contributed by atoms with Crippen molar-refractivity contribution in [2.24, 2.45) is 4.40 Å². The third-order valence-corrected chi connectivity index (χ3v) is 3.18. The van der Waals surface area contributed by atoms with Crippen LogP contribution in [0.15, 0.2) is 33.6 Å². The van der Waals surface area contributed by atoms with E-state index in [9.17, 15) is 13.2 Å². The van der Waals surface area contributed by atoms with Crippen molar-refractivity contribution in [3.63, 3.8) is 0 Å². The molecule has 0 heterocycles. The minimum atomic E-state index is -3.85. The van der Waals surface area contributed by atoms with Crippen molar-refractivity contribution in [2.45, 2.75) is 24.7 Å². The van der Waals surface area contributed by atoms with E-state index in [0.717, 1.165) is 11.6 Å². The van der Waals surface area contributed by atoms with Crippen molar-refractivity contribution in [1.29, 1.82) is 0 Å². The van der Waals surface area contributed by atoms with Crippen LogP contribution in [0.4, 0.5) is 0 Å². The summed E-state index contributed by atoms with van der Waals surface area (Å²) in [6.07, 6.45) is 1.03. The zero-order valence-electron chi connectivity index (χ0n) is 8.47. The lowest BCUT2D eigenvalue weighted by atomic mass is 10.0. The lowest BCUT2D eigenvalue weighted by Gasteiger charge is -2.04. The number of carbonyl (C=O) groups excluding carboxylic acids is 1. The van der Waals surface area contributed by atoms with Gasteiger partial charge in [-0.25, -0.2) is 4.79 Å². The van der Waals surface area contributed by atoms with E-state index in [1.807, 2.05) is 13.8 Å². The van der Waals surface area contributed by atoms with Crippen LogP contribution in [0, 0.1) is 0 Å². The number of hydrogen-bond donors (Lipinski definition) is 0. The van der Waals surface area contributed by atoms with Crippen LogP contribution in [-0.4, -0.2) is 14.5 Å². The van der Waals surface area contributed by atoms with Crippen LogP contribution < -0.4 is 0 Å². The highest BCUT2D eigenvalue weighted by atomic mass is 32.2. The Morgan fingerprint density at radius 3 is 2.13 bits per heavy atom. The molecule has 0 amide bonds. The van der Waals surface area contributed by atoms with E-state index < -0.39 is 10.0 Å². The second-order valence-corrected chi connectivity index (χ2v) is 4.99. The number of hydrogen-bond acceptors (Lipinski definition) is 3. The third kappa shape index (κ3) is 2.75. The van der Waals surface area contributed by atoms with Gasteiger partial charge in [-0.2, -0.15) is 8.42 Å². The van der Waals surface area contributed by atoms with Gasteiger partial charge in [0.2, 0.25) is 0 Å². The molecular weight excluding hydrogens is 214 g/mol. The molecule has 0 saturated heterocycles. The maximum absolute atomic E-state index is 11.3. The van der Waals surface area contributed by atoms with Crippen LogP contribution in [0.2, 0.25) is 0 Å². The fraction of sp³-hybridized carbons (Fsp3) is 0.300. The molecule has 1 aromatic carbocycles. The molecule has 0 saturated carbocycles. The highest BCUT2D eigenvalue weighted by molar-refractivity contribution is 7.90. The minimum absolute atomic E-state index is 0.00949. The van der Waals surface area contributed by atoms with E-state index in [1.54, 1.807) is 12.1 Å². The van der Waals surface area contributed by atoms with Crippen molar-refractivity contribution in [3.8, 4) is 0 Å². The number of isocyanates is 1. The van der Waals surface area contributed by atoms with Gasteiger partial charge in [-0.15, -0.1) is 0 Å². The Labute approximate surface area is 88.7 Å². The Balaban J connectivity index is 3.15. The normalized spacial score (nSPS) is 11.1. The minimum Gasteiger partial charge on any atom is -0.210 e. The largest absolute Gasteiger partial charge is 0.292 e. The topological polar surface area (TPSA) is 63.6 Å². The van der Waals surface area contributed by atoms with Gasteiger partial charge in [0.25, 0.3) is 16.1 Å². The molecule has 0 aromatic heterocycles. The number of benzene rings is 1. The molecule has 0 spiro atoms. The molecular formula is C10H11NO3S. The highest BCUT2D eigenvalue weighted by Gasteiger charge is 2.12. The molecule has 0 radical (unpaired) electrons. The molecule has 4 nitrogen and oxygen atoms in total. The SMILES string of the molecule is CC(C)c1ccc(S(=O)(=O)N=C=O)cc1. The van der Waals surface area contributed by atoms with Crippen molar-refractivity contribution in [1.82, 2.24) is 0 Å². The van der Waals surface area contributed by atoms with Crippen molar-refractivity contribution < 1.29 is 13.2 Å². The van der Waals surface area contributed by atoms with Crippen LogP contribution in [0.25, 0.3) is 0 Å². The van der Waals surface area contributed by atoms with Gasteiger partial charge < -0.3 is 0 Å². The predicted molar refractivity (Wildman–Crippen MR) is 55.8 cm³/mol. The van der Waals surface area contributed by atoms with E-state index in [2.05, 4.69) is 4.40 Å². The Morgan fingerprint density at radius 2 is 1.73 bits per heavy atom. The fourth-order valence-corrected chi connectivity index (χ4v) is 1.81. The molecule has 80 valence electrons. The fourth-order valence-electron chi connectivity index (χ4n) is 1.13. The molecule has 0 N–H and O–H groups in total. The lowest BCUT2D eigenvalue weighted by molar-refractivity contribution is 0.563. The Bertz CT molecular complexity index is 482. The molecule has 1 aromatic rings. The van der Waals surface area contributed by atoms with Crippen LogP contribution >= 0.6 is 0 Å². The third-order valence-electron chi connectivity index (χ3n) is 2.00. The number of nitrogens with zero attached hydrogens (tertiary/aromatic N) is 1. The summed E-state index contributed by atoms with van der Waals surface area (Å²) in [5.41, 5.74) is 1.03. The Kier molecular flexibility index (Phi) is 3.39. The van der Waals surface area contributed by atoms with Crippen molar-refractivity contribution in [3.05, 3.63) is 29.8 Å². The van der Waals surface area contributed by atoms with E-state index in [4.69, 9.17) is 0 Å². The first-order valence-corrected chi connectivity index (χ1v) is 5.85. The lowest BCUT2D eigenvalue weighted by Crippen LogP contribution is -1.97. The summed E-state index contributed by atoms with van der Waals surface area (Å²) in [6, 6.07) is 6.28. The average molecular weight is 225 g/mol. The first-order chi connectivity index (χ1) is 6.97. The van der Waals surface area contributed by atoms with Gasteiger partial charge in [-0.05, 0) is 23.6 Å². The smallest absolute Gasteiger partial charge is 0.210 e. The van der Waals surface area contributed by atoms with E-state index >= 15 is 0 Å². The van der Waals surface area contributed by atoms with Gasteiger partial charge >= 0.3 is 0 Å². The second kappa shape index (κ2) is 4.38. The molecule has 0 atom stereocenters. The molecule has 5 heteroatoms. The quantitative estimate of drug-likeness (QED) is 0.582. The molecule has 0 aliphatic rings. The first kappa shape index (κ1) is 11.6. The molecule has 1 rings (SSSR count). The van der Waals surface area contributed by atoms with Crippen molar-refractivity contribution >= 4 is 16.1 Å². The molecule has 0 fully saturated rings. The summed E-state index contributed by atoms with van der Waals surface area (Å²) < 4.78 is 25.3. The molecule has 15 heavy (non-hydrogen) atoms. The monoisotopic (exact) mass is 225 g/mol. The second-order valence-electron chi connectivity index (χ2n) is 3.38. The number of rotatable bonds is 3. The van der Waals surface area contributed by atoms with E-state index in [-0.39, 0.29) is 4.90 Å². The number of sulfonamides is 1. The van der Waals surface area contributed by atoms with Crippen LogP contribution in [0.1, 0.15) is 25.3 Å². The Morgan fingerprint density at radius 1 is 1.20 bits per heavy atom. The van der Waals surface area contributed by atoms with Crippen molar-refractivity contribution in [2.75, 3.05) is 0 Å². The summed E-state index contributed by atoms with van der Waals surface area (Å²) in [7, 11) is -3.85. The summed E-state index contributed by atoms with van der Waals surface area (Å²) in [6.45, 7) is 4.01. The van der Waals surface area contributed by atoms with Gasteiger partial charge in [0.1, 0.15) is 0 Å². The summed E-state index contributed by atoms with van der Waals surface area (Å²) in [4.78, 5) is 9.91. The standard InChI is InChI=1S/C10H11NO3S/c1-8(2)9-3-5-10(6-4-9)15(13,14)11-7-12/h3-6,8H,1-2H3. The predicted octanol–water partition coefficient (Wildman–Crippen LogP) is 1.83. The van der Waals surface area contributed by atoms with Gasteiger partial charge in [0, 0.05) is 0 Å². The molecule has 0 bridgehead atoms. The van der Waals surface area contributed by atoms with Gasteiger partial charge in [-0.3, -0.25) is 0 Å². The first-order valence-electron chi connectivity index (χ1n) is 4.41. The molecule has 0 unspecified atom stereocenters. The van der Waals surface area contributed by atoms with Gasteiger partial charge in [0.05, 0.1) is 4.90 Å². The van der Waals surface area contributed by atoms with E-state index in [0.29, 0.717) is 5.92 Å². The highest BCUT2D eigenvalue weighted by Crippen LogP contribution is 2.18. The van der Waals surface area contributed by atoms with Gasteiger partial charge in [-0.1, -0.05) is 30.4 Å². The molecule has 0 aliphatic carbocycles. The zero-order valence-corrected chi connectivity index (χ0v) is 9.28. The van der Waals surface area contributed by atoms with Crippen LogP contribution in [0.5, 0.6) is 0 Å². The van der Waals surface area contributed by atoms with Crippen LogP contribution in [0.3, 0.4) is 0 Å². The van der Waals surface area contributed by atoms with E-state index in [1.165, 1.54) is 12.1 Å². The summed E-state index contributed by atoms with van der Waals surface area (Å²) >= 11 is 0. The average Bonchev–Trinajstić information content (AvgIpc) is 2.18. The molecule has 0 aliphatic heterocycles. The zero-order chi connectivity index (χ0) is 11.5. The Hall–Kier alpha value is -1.45. The maximum atomic E-state index is 11.3. The van der Waals surface area contributed by atoms with Crippen LogP contribution in [-0.2, 0) is 14.8 Å². The summed E-state index contributed by atoms with van der Waals surface area (Å²) in [5.74, 6) is 0.330.